The lowest BCUT2D eigenvalue weighted by Gasteiger charge is -2.20. The van der Waals surface area contributed by atoms with Crippen LogP contribution < -0.4 is 5.32 Å². The summed E-state index contributed by atoms with van der Waals surface area (Å²) in [5, 5.41) is 7.98. The number of anilines is 1. The molecule has 3 atom stereocenters. The largest absolute Gasteiger partial charge is 0.366 e. The molecule has 136 valence electrons. The number of nitrogens with zero attached hydrogens (tertiary/aromatic N) is 4. The average molecular weight is 414 g/mol. The number of pyridine rings is 1. The highest BCUT2D eigenvalue weighted by atomic mass is 79.9. The molecule has 3 aromatic heterocycles. The van der Waals surface area contributed by atoms with Crippen LogP contribution in [0.15, 0.2) is 41.3 Å². The maximum atomic E-state index is 4.92. The van der Waals surface area contributed by atoms with E-state index in [1.807, 2.05) is 23.0 Å². The molecule has 3 heterocycles. The molecule has 26 heavy (non-hydrogen) atoms. The summed E-state index contributed by atoms with van der Waals surface area (Å²) >= 11 is 3.59. The molecular weight excluding hydrogens is 390 g/mol. The van der Waals surface area contributed by atoms with Crippen LogP contribution in [0.1, 0.15) is 50.3 Å². The minimum absolute atomic E-state index is 0.450. The van der Waals surface area contributed by atoms with E-state index in [-0.39, 0.29) is 0 Å². The summed E-state index contributed by atoms with van der Waals surface area (Å²) in [5.41, 5.74) is 3.16. The molecule has 0 aromatic carbocycles. The lowest BCUT2D eigenvalue weighted by Crippen LogP contribution is -2.12. The number of fused-ring (bicyclic) bond motifs is 1. The van der Waals surface area contributed by atoms with Gasteiger partial charge < -0.3 is 5.32 Å². The second-order valence-electron chi connectivity index (χ2n) is 7.48. The van der Waals surface area contributed by atoms with Crippen LogP contribution in [0.4, 0.5) is 5.82 Å². The quantitative estimate of drug-likeness (QED) is 0.636. The van der Waals surface area contributed by atoms with Gasteiger partial charge in [-0.15, -0.1) is 0 Å². The monoisotopic (exact) mass is 413 g/mol. The number of halogens is 1. The highest BCUT2D eigenvalue weighted by Crippen LogP contribution is 2.40. The fourth-order valence-corrected chi connectivity index (χ4v) is 4.30. The zero-order chi connectivity index (χ0) is 18.1. The summed E-state index contributed by atoms with van der Waals surface area (Å²) in [5.74, 6) is 2.96. The first-order valence-electron chi connectivity index (χ1n) is 9.28. The average Bonchev–Trinajstić information content (AvgIpc) is 3.26. The van der Waals surface area contributed by atoms with Gasteiger partial charge in [0.1, 0.15) is 5.82 Å². The number of nitrogens with one attached hydrogen (secondary N) is 1. The maximum Gasteiger partial charge on any atom is 0.171 e. The van der Waals surface area contributed by atoms with Gasteiger partial charge in [0.2, 0.25) is 0 Å². The number of hydrogen-bond donors (Lipinski definition) is 1. The van der Waals surface area contributed by atoms with Crippen molar-refractivity contribution < 1.29 is 0 Å². The SMILES string of the molecule is CC1CCC(C(C)c2cc(NCc3cccnc3)n3ncc(Br)c3n2)C1. The molecule has 1 aliphatic carbocycles. The molecule has 0 saturated heterocycles. The first-order valence-corrected chi connectivity index (χ1v) is 10.1. The number of rotatable bonds is 5. The van der Waals surface area contributed by atoms with E-state index in [1.54, 1.807) is 6.20 Å². The Labute approximate surface area is 162 Å². The van der Waals surface area contributed by atoms with Crippen LogP contribution >= 0.6 is 15.9 Å². The predicted octanol–water partition coefficient (Wildman–Crippen LogP) is 5.04. The normalized spacial score (nSPS) is 21.2. The molecule has 3 aromatic rings. The maximum absolute atomic E-state index is 4.92. The second-order valence-corrected chi connectivity index (χ2v) is 8.33. The molecule has 1 fully saturated rings. The Balaban J connectivity index is 1.65. The second kappa shape index (κ2) is 7.35. The van der Waals surface area contributed by atoms with Crippen molar-refractivity contribution in [1.82, 2.24) is 19.6 Å². The Morgan fingerprint density at radius 2 is 2.23 bits per heavy atom. The predicted molar refractivity (Wildman–Crippen MR) is 107 cm³/mol. The molecule has 1 N–H and O–H groups in total. The smallest absolute Gasteiger partial charge is 0.171 e. The summed E-state index contributed by atoms with van der Waals surface area (Å²) in [6.07, 6.45) is 9.42. The van der Waals surface area contributed by atoms with Crippen LogP contribution in [0, 0.1) is 11.8 Å². The molecular formula is C20H24BrN5. The van der Waals surface area contributed by atoms with Gasteiger partial charge in [0.25, 0.3) is 0 Å². The van der Waals surface area contributed by atoms with Gasteiger partial charge >= 0.3 is 0 Å². The van der Waals surface area contributed by atoms with Crippen molar-refractivity contribution in [3.63, 3.8) is 0 Å². The fraction of sp³-hybridized carbons (Fsp3) is 0.450. The zero-order valence-electron chi connectivity index (χ0n) is 15.2. The van der Waals surface area contributed by atoms with E-state index in [4.69, 9.17) is 4.98 Å². The third-order valence-corrected chi connectivity index (χ3v) is 6.11. The Morgan fingerprint density at radius 3 is 2.96 bits per heavy atom. The molecule has 3 unspecified atom stereocenters. The molecule has 0 radical (unpaired) electrons. The summed E-state index contributed by atoms with van der Waals surface area (Å²) in [7, 11) is 0. The van der Waals surface area contributed by atoms with Crippen molar-refractivity contribution in [3.8, 4) is 0 Å². The number of aromatic nitrogens is 4. The Kier molecular flexibility index (Phi) is 4.94. The minimum atomic E-state index is 0.450. The van der Waals surface area contributed by atoms with Crippen LogP contribution in [0.5, 0.6) is 0 Å². The topological polar surface area (TPSA) is 55.1 Å². The van der Waals surface area contributed by atoms with Crippen molar-refractivity contribution in [1.29, 1.82) is 0 Å². The molecule has 0 spiro atoms. The van der Waals surface area contributed by atoms with Crippen molar-refractivity contribution in [2.75, 3.05) is 5.32 Å². The van der Waals surface area contributed by atoms with E-state index in [9.17, 15) is 0 Å². The van der Waals surface area contributed by atoms with Gasteiger partial charge in [-0.05, 0) is 52.2 Å². The lowest BCUT2D eigenvalue weighted by atomic mass is 9.89. The van der Waals surface area contributed by atoms with E-state index in [0.717, 1.165) is 33.1 Å². The van der Waals surface area contributed by atoms with Gasteiger partial charge in [0.05, 0.1) is 10.7 Å². The van der Waals surface area contributed by atoms with E-state index >= 15 is 0 Å². The van der Waals surface area contributed by atoms with E-state index in [0.29, 0.717) is 18.4 Å². The van der Waals surface area contributed by atoms with Gasteiger partial charge in [-0.3, -0.25) is 4.98 Å². The Bertz CT molecular complexity index is 892. The van der Waals surface area contributed by atoms with E-state index < -0.39 is 0 Å². The van der Waals surface area contributed by atoms with Crippen LogP contribution in [-0.2, 0) is 6.54 Å². The van der Waals surface area contributed by atoms with Crippen LogP contribution in [0.3, 0.4) is 0 Å². The summed E-state index contributed by atoms with van der Waals surface area (Å²) in [6, 6.07) is 6.19. The van der Waals surface area contributed by atoms with Gasteiger partial charge in [0, 0.05) is 36.6 Å². The molecule has 0 amide bonds. The molecule has 6 heteroatoms. The number of hydrogen-bond acceptors (Lipinski definition) is 4. The Hall–Kier alpha value is -1.95. The third kappa shape index (κ3) is 3.47. The minimum Gasteiger partial charge on any atom is -0.366 e. The summed E-state index contributed by atoms with van der Waals surface area (Å²) in [4.78, 5) is 9.11. The first-order chi connectivity index (χ1) is 12.6. The highest BCUT2D eigenvalue weighted by molar-refractivity contribution is 9.10. The lowest BCUT2D eigenvalue weighted by molar-refractivity contribution is 0.436. The summed E-state index contributed by atoms with van der Waals surface area (Å²) < 4.78 is 2.80. The van der Waals surface area contributed by atoms with Crippen molar-refractivity contribution in [2.24, 2.45) is 11.8 Å². The molecule has 1 saturated carbocycles. The molecule has 0 aliphatic heterocycles. The van der Waals surface area contributed by atoms with Crippen LogP contribution in [0.25, 0.3) is 5.65 Å². The van der Waals surface area contributed by atoms with Gasteiger partial charge in [-0.2, -0.15) is 9.61 Å². The van der Waals surface area contributed by atoms with Crippen molar-refractivity contribution >= 4 is 27.4 Å². The highest BCUT2D eigenvalue weighted by Gasteiger charge is 2.28. The molecule has 0 bridgehead atoms. The third-order valence-electron chi connectivity index (χ3n) is 5.55. The van der Waals surface area contributed by atoms with Crippen molar-refractivity contribution in [3.05, 3.63) is 52.5 Å². The van der Waals surface area contributed by atoms with E-state index in [2.05, 4.69) is 57.3 Å². The molecule has 5 nitrogen and oxygen atoms in total. The van der Waals surface area contributed by atoms with Gasteiger partial charge in [0.15, 0.2) is 5.65 Å². The van der Waals surface area contributed by atoms with Crippen LogP contribution in [-0.4, -0.2) is 19.6 Å². The molecule has 4 rings (SSSR count). The standard InChI is InChI=1S/C20H24BrN5/c1-13-5-6-16(8-13)14(2)18-9-19(23-11-15-4-3-7-22-10-15)26-20(25-18)17(21)12-24-26/h3-4,7,9-10,12-14,16,23H,5-6,8,11H2,1-2H3. The van der Waals surface area contributed by atoms with Gasteiger partial charge in [-0.1, -0.05) is 26.3 Å². The summed E-state index contributed by atoms with van der Waals surface area (Å²) in [6.45, 7) is 5.38. The van der Waals surface area contributed by atoms with Crippen molar-refractivity contribution in [2.45, 2.75) is 45.6 Å². The zero-order valence-corrected chi connectivity index (χ0v) is 16.8. The van der Waals surface area contributed by atoms with E-state index in [1.165, 1.54) is 19.3 Å². The Morgan fingerprint density at radius 1 is 1.35 bits per heavy atom. The fourth-order valence-electron chi connectivity index (χ4n) is 3.96. The molecule has 1 aliphatic rings. The van der Waals surface area contributed by atoms with Crippen LogP contribution in [0.2, 0.25) is 0 Å². The van der Waals surface area contributed by atoms with Gasteiger partial charge in [-0.25, -0.2) is 4.98 Å². The first kappa shape index (κ1) is 17.5.